The molecule has 3 atom stereocenters. The summed E-state index contributed by atoms with van der Waals surface area (Å²) in [5, 5.41) is 14.2. The number of halogens is 6. The van der Waals surface area contributed by atoms with Crippen molar-refractivity contribution in [3.63, 3.8) is 0 Å². The SMILES string of the molecule is CC1CCN(C(=O)[C@H]2CC[C@@H]3[C@@H](CCN3Cc3ccncc3)O2)CC1.O=C(O)C(F)(F)F.O=C(O)C(F)(F)F. The van der Waals surface area contributed by atoms with Gasteiger partial charge in [0.2, 0.25) is 0 Å². The Kier molecular flexibility index (Phi) is 11.5. The molecular formula is C24H31F6N3O6. The molecule has 9 nitrogen and oxygen atoms in total. The molecule has 3 saturated heterocycles. The minimum atomic E-state index is -5.08. The van der Waals surface area contributed by atoms with Crippen LogP contribution in [0.4, 0.5) is 26.3 Å². The third kappa shape index (κ3) is 10.3. The van der Waals surface area contributed by atoms with Gasteiger partial charge in [-0.25, -0.2) is 9.59 Å². The molecule has 0 bridgehead atoms. The Morgan fingerprint density at radius 3 is 1.90 bits per heavy atom. The molecule has 4 rings (SSSR count). The summed E-state index contributed by atoms with van der Waals surface area (Å²) in [6.45, 7) is 6.10. The van der Waals surface area contributed by atoms with Crippen molar-refractivity contribution < 1.29 is 55.7 Å². The number of fused-ring (bicyclic) bond motifs is 1. The first-order valence-electron chi connectivity index (χ1n) is 12.3. The number of carboxylic acids is 2. The fourth-order valence-electron chi connectivity index (χ4n) is 4.55. The first-order chi connectivity index (χ1) is 18.1. The molecule has 3 aliphatic heterocycles. The first kappa shape index (κ1) is 32.3. The Labute approximate surface area is 220 Å². The van der Waals surface area contributed by atoms with Gasteiger partial charge in [0.15, 0.2) is 0 Å². The number of likely N-dealkylation sites (tertiary alicyclic amines) is 2. The molecule has 3 fully saturated rings. The van der Waals surface area contributed by atoms with Gasteiger partial charge in [0.1, 0.15) is 6.10 Å². The van der Waals surface area contributed by atoms with Gasteiger partial charge in [0.25, 0.3) is 5.91 Å². The first-order valence-corrected chi connectivity index (χ1v) is 12.3. The standard InChI is InChI=1S/C20H29N3O2.2C2HF3O2/c1-15-6-11-22(12-7-15)20(24)19-3-2-17-18(25-19)8-13-23(17)14-16-4-9-21-10-5-16;2*3-2(4,5)1(6)7/h4-5,9-10,15,17-19H,2-3,6-8,11-14H2,1H3;2*(H,6,7)/t17-,18-,19-;;/m1../s1. The summed E-state index contributed by atoms with van der Waals surface area (Å²) in [6.07, 6.45) is -1.23. The second kappa shape index (κ2) is 13.9. The van der Waals surface area contributed by atoms with Crippen molar-refractivity contribution >= 4 is 17.8 Å². The fourth-order valence-corrected chi connectivity index (χ4v) is 4.55. The number of hydrogen-bond donors (Lipinski definition) is 2. The van der Waals surface area contributed by atoms with Gasteiger partial charge in [-0.15, -0.1) is 0 Å². The molecule has 4 heterocycles. The zero-order valence-electron chi connectivity index (χ0n) is 21.1. The lowest BCUT2D eigenvalue weighted by Gasteiger charge is -2.38. The maximum atomic E-state index is 12.8. The normalized spacial score (nSPS) is 24.0. The number of nitrogens with zero attached hydrogens (tertiary/aromatic N) is 3. The number of piperidine rings is 1. The number of ether oxygens (including phenoxy) is 1. The Bertz CT molecular complexity index is 930. The minimum Gasteiger partial charge on any atom is -0.475 e. The lowest BCUT2D eigenvalue weighted by molar-refractivity contribution is -0.193. The van der Waals surface area contributed by atoms with Gasteiger partial charge >= 0.3 is 24.3 Å². The predicted octanol–water partition coefficient (Wildman–Crippen LogP) is 3.73. The van der Waals surface area contributed by atoms with Crippen LogP contribution in [0.1, 0.15) is 44.6 Å². The highest BCUT2D eigenvalue weighted by atomic mass is 19.4. The van der Waals surface area contributed by atoms with Crippen LogP contribution in [0.2, 0.25) is 0 Å². The largest absolute Gasteiger partial charge is 0.490 e. The summed E-state index contributed by atoms with van der Waals surface area (Å²) in [5.74, 6) is -4.53. The molecule has 0 aromatic carbocycles. The number of carbonyl (C=O) groups excluding carboxylic acids is 1. The fraction of sp³-hybridized carbons (Fsp3) is 0.667. The summed E-state index contributed by atoms with van der Waals surface area (Å²) in [5.41, 5.74) is 1.30. The number of alkyl halides is 6. The lowest BCUT2D eigenvalue weighted by Crippen LogP contribution is -2.50. The number of hydrogen-bond acceptors (Lipinski definition) is 6. The van der Waals surface area contributed by atoms with E-state index >= 15 is 0 Å². The minimum absolute atomic E-state index is 0.212. The molecular weight excluding hydrogens is 540 g/mol. The molecule has 0 spiro atoms. The number of aliphatic carboxylic acids is 2. The maximum Gasteiger partial charge on any atom is 0.490 e. The van der Waals surface area contributed by atoms with Crippen molar-refractivity contribution in [3.8, 4) is 0 Å². The number of carbonyl (C=O) groups is 3. The number of carboxylic acid groups (broad SMARTS) is 2. The van der Waals surface area contributed by atoms with E-state index < -0.39 is 24.3 Å². The summed E-state index contributed by atoms with van der Waals surface area (Å²) in [4.78, 5) is 39.2. The van der Waals surface area contributed by atoms with E-state index in [-0.39, 0.29) is 18.1 Å². The van der Waals surface area contributed by atoms with Gasteiger partial charge in [-0.1, -0.05) is 6.92 Å². The number of amides is 1. The number of pyridine rings is 1. The highest BCUT2D eigenvalue weighted by Gasteiger charge is 2.43. The van der Waals surface area contributed by atoms with E-state index in [0.29, 0.717) is 6.04 Å². The summed E-state index contributed by atoms with van der Waals surface area (Å²) in [7, 11) is 0. The molecule has 1 aromatic rings. The maximum absolute atomic E-state index is 12.8. The molecule has 15 heteroatoms. The average Bonchev–Trinajstić information content (AvgIpc) is 3.26. The van der Waals surface area contributed by atoms with Crippen LogP contribution in [-0.2, 0) is 25.7 Å². The van der Waals surface area contributed by atoms with Crippen molar-refractivity contribution in [2.75, 3.05) is 19.6 Å². The third-order valence-electron chi connectivity index (χ3n) is 6.65. The Hall–Kier alpha value is -2.94. The van der Waals surface area contributed by atoms with Gasteiger partial charge in [0.05, 0.1) is 6.10 Å². The highest BCUT2D eigenvalue weighted by Crippen LogP contribution is 2.33. The van der Waals surface area contributed by atoms with Crippen molar-refractivity contribution in [3.05, 3.63) is 30.1 Å². The molecule has 0 aliphatic carbocycles. The zero-order chi connectivity index (χ0) is 29.4. The van der Waals surface area contributed by atoms with Crippen LogP contribution in [0.3, 0.4) is 0 Å². The van der Waals surface area contributed by atoms with Gasteiger partial charge in [0, 0.05) is 44.6 Å². The van der Waals surface area contributed by atoms with Crippen molar-refractivity contribution in [1.29, 1.82) is 0 Å². The molecule has 220 valence electrons. The van der Waals surface area contributed by atoms with Gasteiger partial charge in [-0.2, -0.15) is 26.3 Å². The second-order valence-electron chi connectivity index (χ2n) is 9.54. The van der Waals surface area contributed by atoms with Crippen molar-refractivity contribution in [2.45, 2.75) is 76.2 Å². The molecule has 1 aromatic heterocycles. The van der Waals surface area contributed by atoms with Gasteiger partial charge in [-0.3, -0.25) is 14.7 Å². The van der Waals surface area contributed by atoms with E-state index in [0.717, 1.165) is 64.2 Å². The molecule has 2 N–H and O–H groups in total. The molecule has 0 radical (unpaired) electrons. The molecule has 1 amide bonds. The van der Waals surface area contributed by atoms with E-state index in [1.54, 1.807) is 0 Å². The monoisotopic (exact) mass is 571 g/mol. The van der Waals surface area contributed by atoms with Crippen LogP contribution in [-0.4, -0.2) is 93.1 Å². The molecule has 0 unspecified atom stereocenters. The van der Waals surface area contributed by atoms with Crippen LogP contribution >= 0.6 is 0 Å². The van der Waals surface area contributed by atoms with E-state index in [1.165, 1.54) is 5.56 Å². The molecule has 0 saturated carbocycles. The zero-order valence-corrected chi connectivity index (χ0v) is 21.1. The third-order valence-corrected chi connectivity index (χ3v) is 6.65. The molecule has 3 aliphatic rings. The quantitative estimate of drug-likeness (QED) is 0.527. The van der Waals surface area contributed by atoms with Crippen LogP contribution in [0, 0.1) is 5.92 Å². The Balaban J connectivity index is 0.000000317. The lowest BCUT2D eigenvalue weighted by atomic mass is 9.96. The predicted molar refractivity (Wildman–Crippen MR) is 123 cm³/mol. The van der Waals surface area contributed by atoms with Crippen LogP contribution in [0.5, 0.6) is 0 Å². The smallest absolute Gasteiger partial charge is 0.475 e. The number of rotatable bonds is 3. The summed E-state index contributed by atoms with van der Waals surface area (Å²) in [6, 6.07) is 4.63. The molecule has 39 heavy (non-hydrogen) atoms. The van der Waals surface area contributed by atoms with Gasteiger partial charge < -0.3 is 19.8 Å². The van der Waals surface area contributed by atoms with E-state index in [2.05, 4.69) is 28.9 Å². The van der Waals surface area contributed by atoms with Crippen LogP contribution < -0.4 is 0 Å². The van der Waals surface area contributed by atoms with Crippen molar-refractivity contribution in [1.82, 2.24) is 14.8 Å². The van der Waals surface area contributed by atoms with E-state index in [9.17, 15) is 31.1 Å². The summed E-state index contributed by atoms with van der Waals surface area (Å²) >= 11 is 0. The van der Waals surface area contributed by atoms with E-state index in [4.69, 9.17) is 24.5 Å². The van der Waals surface area contributed by atoms with E-state index in [1.807, 2.05) is 17.3 Å². The second-order valence-corrected chi connectivity index (χ2v) is 9.54. The average molecular weight is 572 g/mol. The van der Waals surface area contributed by atoms with Crippen LogP contribution in [0.25, 0.3) is 0 Å². The highest BCUT2D eigenvalue weighted by molar-refractivity contribution is 5.81. The summed E-state index contributed by atoms with van der Waals surface area (Å²) < 4.78 is 69.7. The van der Waals surface area contributed by atoms with Crippen LogP contribution in [0.15, 0.2) is 24.5 Å². The van der Waals surface area contributed by atoms with Gasteiger partial charge in [-0.05, 0) is 55.7 Å². The number of aromatic nitrogens is 1. The Morgan fingerprint density at radius 2 is 1.41 bits per heavy atom. The van der Waals surface area contributed by atoms with Crippen molar-refractivity contribution in [2.24, 2.45) is 5.92 Å². The Morgan fingerprint density at radius 1 is 0.897 bits per heavy atom. The topological polar surface area (TPSA) is 120 Å².